The molecule has 0 spiro atoms. The summed E-state index contributed by atoms with van der Waals surface area (Å²) in [6.45, 7) is 12.8. The van der Waals surface area contributed by atoms with Crippen LogP contribution in [0.5, 0.6) is 5.95 Å². The summed E-state index contributed by atoms with van der Waals surface area (Å²) in [7, 11) is 0. The van der Waals surface area contributed by atoms with Crippen LogP contribution in [0.15, 0.2) is 64.3 Å². The molecule has 0 amide bonds. The fraction of sp³-hybridized carbons (Fsp3) is 0.485. The average molecular weight is 708 g/mol. The first kappa shape index (κ1) is 34.1. The number of rotatable bonds is 11. The van der Waals surface area contributed by atoms with Crippen LogP contribution in [-0.2, 0) is 19.4 Å². The Morgan fingerprint density at radius 3 is 2.40 bits per heavy atom. The van der Waals surface area contributed by atoms with Crippen LogP contribution in [0.3, 0.4) is 0 Å². The molecule has 0 bridgehead atoms. The molecular weight excluding hydrogens is 665 g/mol. The Bertz CT molecular complexity index is 1470. The van der Waals surface area contributed by atoms with Crippen LogP contribution in [0.2, 0.25) is 5.02 Å². The molecule has 42 heavy (non-hydrogen) atoms. The number of benzene rings is 2. The van der Waals surface area contributed by atoms with Gasteiger partial charge in [-0.2, -0.15) is 5.10 Å². The second-order valence-electron chi connectivity index (χ2n) is 11.8. The van der Waals surface area contributed by atoms with E-state index in [0.717, 1.165) is 34.3 Å². The Morgan fingerprint density at radius 2 is 1.81 bits per heavy atom. The van der Waals surface area contributed by atoms with Gasteiger partial charge in [-0.3, -0.25) is 9.48 Å². The average Bonchev–Trinajstić information content (AvgIpc) is 3.44. The maximum absolute atomic E-state index is 12.7. The van der Waals surface area contributed by atoms with E-state index in [0.29, 0.717) is 41.9 Å². The van der Waals surface area contributed by atoms with Crippen LogP contribution in [0.1, 0.15) is 78.4 Å². The zero-order valence-corrected chi connectivity index (χ0v) is 28.4. The molecule has 2 heterocycles. The maximum atomic E-state index is 12.7. The highest BCUT2D eigenvalue weighted by molar-refractivity contribution is 14.1. The Balaban J connectivity index is 0.000000230. The predicted molar refractivity (Wildman–Crippen MR) is 178 cm³/mol. The number of aromatic nitrogens is 3. The summed E-state index contributed by atoms with van der Waals surface area (Å²) < 4.78 is 14.5. The van der Waals surface area contributed by atoms with Gasteiger partial charge in [-0.25, -0.2) is 4.98 Å². The van der Waals surface area contributed by atoms with Crippen LogP contribution >= 0.6 is 34.2 Å². The number of hydrogen-bond acceptors (Lipinski definition) is 6. The molecule has 2 aromatic heterocycles. The van der Waals surface area contributed by atoms with Crippen molar-refractivity contribution in [3.63, 3.8) is 0 Å². The van der Waals surface area contributed by atoms with Crippen LogP contribution in [-0.4, -0.2) is 31.6 Å². The van der Waals surface area contributed by atoms with Gasteiger partial charge < -0.3 is 14.3 Å². The summed E-state index contributed by atoms with van der Waals surface area (Å²) in [4.78, 5) is 16.6. The predicted octanol–water partition coefficient (Wildman–Crippen LogP) is 8.26. The minimum absolute atomic E-state index is 0.0373. The van der Waals surface area contributed by atoms with E-state index >= 15 is 0 Å². The molecule has 0 saturated heterocycles. The quantitative estimate of drug-likeness (QED) is 0.158. The van der Waals surface area contributed by atoms with E-state index in [2.05, 4.69) is 46.5 Å². The van der Waals surface area contributed by atoms with Crippen LogP contribution in [0, 0.1) is 8.99 Å². The van der Waals surface area contributed by atoms with Crippen molar-refractivity contribution >= 4 is 45.2 Å². The molecule has 9 heteroatoms. The lowest BCUT2D eigenvalue weighted by molar-refractivity contribution is -0.0796. The van der Waals surface area contributed by atoms with Crippen molar-refractivity contribution in [1.82, 2.24) is 14.8 Å². The molecule has 2 aromatic carbocycles. The largest absolute Gasteiger partial charge is 0.462 e. The lowest BCUT2D eigenvalue weighted by Crippen LogP contribution is -2.47. The number of ether oxygens (including phenoxy) is 1. The van der Waals surface area contributed by atoms with Crippen LogP contribution < -0.4 is 10.2 Å². The van der Waals surface area contributed by atoms with Crippen molar-refractivity contribution in [1.29, 1.82) is 0 Å². The number of fused-ring (bicyclic) bond motifs is 1. The van der Waals surface area contributed by atoms with Gasteiger partial charge in [0.25, 0.3) is 5.95 Å². The topological polar surface area (TPSA) is 90.4 Å². The van der Waals surface area contributed by atoms with Gasteiger partial charge in [-0.05, 0) is 96.5 Å². The van der Waals surface area contributed by atoms with Gasteiger partial charge in [-0.15, -0.1) is 0 Å². The highest BCUT2D eigenvalue weighted by Crippen LogP contribution is 2.35. The van der Waals surface area contributed by atoms with E-state index < -0.39 is 5.60 Å². The monoisotopic (exact) mass is 707 g/mol. The zero-order valence-electron chi connectivity index (χ0n) is 25.5. The molecule has 2 atom stereocenters. The van der Waals surface area contributed by atoms with Crippen molar-refractivity contribution in [3.8, 4) is 5.95 Å². The first-order valence-electron chi connectivity index (χ1n) is 14.6. The third kappa shape index (κ3) is 9.28. The molecule has 0 fully saturated rings. The van der Waals surface area contributed by atoms with E-state index in [1.165, 1.54) is 11.9 Å². The molecule has 0 aliphatic carbocycles. The van der Waals surface area contributed by atoms with Gasteiger partial charge in [0.1, 0.15) is 18.2 Å². The summed E-state index contributed by atoms with van der Waals surface area (Å²) >= 11 is 8.11. The first-order valence-corrected chi connectivity index (χ1v) is 16.0. The SMILES string of the molecule is CC(C)(C)C(O)(CCc1ccc(Cl)cc1)Cn1cncn1.CCCc1c(OC(C)CCC)oc2ccc(I)cc2c1=O. The molecule has 0 aliphatic heterocycles. The number of aryl methyl sites for hydroxylation is 1. The van der Waals surface area contributed by atoms with E-state index in [-0.39, 0.29) is 16.9 Å². The number of aliphatic hydroxyl groups is 1. The molecule has 228 valence electrons. The summed E-state index contributed by atoms with van der Waals surface area (Å²) in [5.41, 5.74) is 1.34. The van der Waals surface area contributed by atoms with Gasteiger partial charge >= 0.3 is 0 Å². The van der Waals surface area contributed by atoms with Gasteiger partial charge in [0, 0.05) is 8.59 Å². The zero-order chi connectivity index (χ0) is 30.9. The number of hydrogen-bond donors (Lipinski definition) is 1. The Hall–Kier alpha value is -2.43. The molecule has 7 nitrogen and oxygen atoms in total. The summed E-state index contributed by atoms with van der Waals surface area (Å²) in [6, 6.07) is 13.4. The third-order valence-corrected chi connectivity index (χ3v) is 8.36. The first-order chi connectivity index (χ1) is 19.9. The third-order valence-electron chi connectivity index (χ3n) is 7.44. The molecule has 2 unspecified atom stereocenters. The second-order valence-corrected chi connectivity index (χ2v) is 13.5. The standard InChI is InChI=1S/C17H21IO3.C16H22ClN3O/c1-4-6-11(3)20-17-13(7-5-2)16(19)14-10-12(18)8-9-15(14)21-17;1-15(2,3)16(21,10-20-12-18-11-19-20)9-8-13-4-6-14(17)7-5-13/h8-11H,4-7H2,1-3H3;4-7,11-12,21H,8-10H2,1-3H3. The molecule has 4 aromatic rings. The second kappa shape index (κ2) is 15.3. The minimum Gasteiger partial charge on any atom is -0.462 e. The normalized spacial score (nSPS) is 13.7. The molecule has 4 rings (SSSR count). The number of halogens is 2. The van der Waals surface area contributed by atoms with Crippen LogP contribution in [0.25, 0.3) is 11.0 Å². The highest BCUT2D eigenvalue weighted by atomic mass is 127. The van der Waals surface area contributed by atoms with Gasteiger partial charge in [0.15, 0.2) is 5.43 Å². The summed E-state index contributed by atoms with van der Waals surface area (Å²) in [5, 5.41) is 16.6. The fourth-order valence-corrected chi connectivity index (χ4v) is 5.29. The van der Waals surface area contributed by atoms with Gasteiger partial charge in [0.2, 0.25) is 0 Å². The van der Waals surface area contributed by atoms with Crippen LogP contribution in [0.4, 0.5) is 0 Å². The lowest BCUT2D eigenvalue weighted by Gasteiger charge is -2.40. The van der Waals surface area contributed by atoms with Gasteiger partial charge in [-0.1, -0.05) is 71.2 Å². The molecule has 0 aliphatic rings. The smallest absolute Gasteiger partial charge is 0.292 e. The summed E-state index contributed by atoms with van der Waals surface area (Å²) in [5.74, 6) is 0.400. The van der Waals surface area contributed by atoms with E-state index in [9.17, 15) is 9.90 Å². The molecule has 0 radical (unpaired) electrons. The molecule has 0 saturated carbocycles. The lowest BCUT2D eigenvalue weighted by atomic mass is 9.73. The molecular formula is C33H43ClIN3O4. The Kier molecular flexibility index (Phi) is 12.4. The van der Waals surface area contributed by atoms with Crippen molar-refractivity contribution in [2.24, 2.45) is 5.41 Å². The van der Waals surface area contributed by atoms with Crippen molar-refractivity contribution < 1.29 is 14.3 Å². The van der Waals surface area contributed by atoms with Crippen molar-refractivity contribution in [2.45, 2.75) is 98.3 Å². The Labute approximate surface area is 267 Å². The van der Waals surface area contributed by atoms with Crippen molar-refractivity contribution in [3.05, 3.63) is 85.1 Å². The van der Waals surface area contributed by atoms with E-state index in [1.807, 2.05) is 70.2 Å². The Morgan fingerprint density at radius 1 is 1.10 bits per heavy atom. The fourth-order valence-electron chi connectivity index (χ4n) is 4.67. The van der Waals surface area contributed by atoms with E-state index in [4.69, 9.17) is 20.8 Å². The van der Waals surface area contributed by atoms with Gasteiger partial charge in [0.05, 0.1) is 29.2 Å². The number of nitrogens with zero attached hydrogens (tertiary/aromatic N) is 3. The van der Waals surface area contributed by atoms with Crippen molar-refractivity contribution in [2.75, 3.05) is 0 Å². The summed E-state index contributed by atoms with van der Waals surface area (Å²) in [6.07, 6.45) is 8.17. The molecule has 1 N–H and O–H groups in total. The maximum Gasteiger partial charge on any atom is 0.292 e. The van der Waals surface area contributed by atoms with E-state index in [1.54, 1.807) is 11.0 Å². The minimum atomic E-state index is -0.861. The highest BCUT2D eigenvalue weighted by Gasteiger charge is 2.40.